The molecule has 0 fully saturated rings. The van der Waals surface area contributed by atoms with Crippen LogP contribution in [0.2, 0.25) is 0 Å². The molecule has 0 bridgehead atoms. The van der Waals surface area contributed by atoms with E-state index in [0.29, 0.717) is 0 Å². The third kappa shape index (κ3) is 0.998. The summed E-state index contributed by atoms with van der Waals surface area (Å²) in [5.74, 6) is 0. The summed E-state index contributed by atoms with van der Waals surface area (Å²) in [5, 5.41) is 7.09. The molecule has 1 aliphatic heterocycles. The number of aryl methyl sites for hydroxylation is 1. The van der Waals surface area contributed by atoms with Crippen LogP contribution < -0.4 is 10.5 Å². The van der Waals surface area contributed by atoms with Crippen molar-refractivity contribution in [3.63, 3.8) is 0 Å². The minimum atomic E-state index is 1.29. The van der Waals surface area contributed by atoms with Crippen molar-refractivity contribution in [3.8, 4) is 0 Å². The zero-order chi connectivity index (χ0) is 11.4. The van der Waals surface area contributed by atoms with Gasteiger partial charge in [0.2, 0.25) is 0 Å². The number of fused-ring (bicyclic) bond motifs is 2. The minimum absolute atomic E-state index is 1.29. The van der Waals surface area contributed by atoms with E-state index < -0.39 is 0 Å². The van der Waals surface area contributed by atoms with Crippen molar-refractivity contribution < 1.29 is 0 Å². The zero-order valence-corrected chi connectivity index (χ0v) is 9.57. The molecule has 82 valence electrons. The number of hydrogen-bond donors (Lipinski definition) is 1. The van der Waals surface area contributed by atoms with Gasteiger partial charge in [-0.15, -0.1) is 0 Å². The first kappa shape index (κ1) is 8.88. The second-order valence-electron chi connectivity index (χ2n) is 4.49. The number of nitrogens with zero attached hydrogens (tertiary/aromatic N) is 1. The quantitative estimate of drug-likeness (QED) is 0.615. The Balaban J connectivity index is 2.43. The van der Waals surface area contributed by atoms with Crippen LogP contribution in [0.1, 0.15) is 11.3 Å². The molecular formula is C15H12N2. The first-order valence-electron chi connectivity index (χ1n) is 5.81. The van der Waals surface area contributed by atoms with Gasteiger partial charge < -0.3 is 9.72 Å². The van der Waals surface area contributed by atoms with E-state index in [-0.39, 0.29) is 0 Å². The second-order valence-corrected chi connectivity index (χ2v) is 4.49. The van der Waals surface area contributed by atoms with E-state index in [1.807, 2.05) is 6.20 Å². The Labute approximate surface area is 98.8 Å². The fourth-order valence-electron chi connectivity index (χ4n) is 2.79. The van der Waals surface area contributed by atoms with Gasteiger partial charge >= 0.3 is 0 Å². The van der Waals surface area contributed by atoms with Crippen molar-refractivity contribution in [3.05, 3.63) is 53.1 Å². The van der Waals surface area contributed by atoms with Gasteiger partial charge in [-0.1, -0.05) is 18.2 Å². The lowest BCUT2D eigenvalue weighted by Gasteiger charge is -2.13. The highest BCUT2D eigenvalue weighted by molar-refractivity contribution is 5.98. The molecule has 0 saturated carbocycles. The van der Waals surface area contributed by atoms with Crippen LogP contribution in [0.4, 0.5) is 0 Å². The van der Waals surface area contributed by atoms with Crippen LogP contribution >= 0.6 is 0 Å². The lowest BCUT2D eigenvalue weighted by Crippen LogP contribution is -2.19. The predicted molar refractivity (Wildman–Crippen MR) is 71.5 cm³/mol. The molecule has 0 spiro atoms. The summed E-state index contributed by atoms with van der Waals surface area (Å²) in [4.78, 5) is 0. The Morgan fingerprint density at radius 3 is 3.06 bits per heavy atom. The third-order valence-electron chi connectivity index (χ3n) is 3.62. The third-order valence-corrected chi connectivity index (χ3v) is 3.62. The summed E-state index contributed by atoms with van der Waals surface area (Å²) in [5.41, 5.74) is 3.92. The van der Waals surface area contributed by atoms with Crippen LogP contribution in [0.3, 0.4) is 0 Å². The van der Waals surface area contributed by atoms with E-state index in [0.717, 1.165) is 0 Å². The number of hydrogen-bond acceptors (Lipinski definition) is 1. The average molecular weight is 220 g/mol. The van der Waals surface area contributed by atoms with E-state index >= 15 is 0 Å². The molecule has 1 aromatic carbocycles. The van der Waals surface area contributed by atoms with Crippen LogP contribution in [-0.4, -0.2) is 4.40 Å². The first-order chi connectivity index (χ1) is 8.36. The van der Waals surface area contributed by atoms with E-state index in [9.17, 15) is 0 Å². The highest BCUT2D eigenvalue weighted by Crippen LogP contribution is 2.23. The van der Waals surface area contributed by atoms with Crippen molar-refractivity contribution >= 4 is 28.6 Å². The van der Waals surface area contributed by atoms with E-state index in [2.05, 4.69) is 59.4 Å². The zero-order valence-electron chi connectivity index (χ0n) is 9.57. The number of para-hydroxylation sites is 1. The number of pyridine rings is 1. The molecule has 0 amide bonds. The van der Waals surface area contributed by atoms with Gasteiger partial charge in [0.05, 0.1) is 5.52 Å². The van der Waals surface area contributed by atoms with Gasteiger partial charge in [0.15, 0.2) is 0 Å². The molecule has 2 nitrogen and oxygen atoms in total. The molecule has 0 radical (unpaired) electrons. The Kier molecular flexibility index (Phi) is 1.52. The molecule has 0 atom stereocenters. The number of nitrogens with one attached hydrogen (secondary N) is 1. The smallest absolute Gasteiger partial charge is 0.0604 e. The van der Waals surface area contributed by atoms with E-state index in [1.165, 1.54) is 32.8 Å². The molecule has 3 heterocycles. The van der Waals surface area contributed by atoms with Crippen molar-refractivity contribution in [2.45, 2.75) is 6.92 Å². The monoisotopic (exact) mass is 220 g/mol. The molecule has 2 heteroatoms. The van der Waals surface area contributed by atoms with E-state index in [4.69, 9.17) is 0 Å². The molecule has 0 saturated heterocycles. The van der Waals surface area contributed by atoms with Gasteiger partial charge in [-0.25, -0.2) is 0 Å². The first-order valence-corrected chi connectivity index (χ1v) is 5.81. The maximum absolute atomic E-state index is 3.18. The van der Waals surface area contributed by atoms with Crippen molar-refractivity contribution in [2.75, 3.05) is 0 Å². The minimum Gasteiger partial charge on any atom is -0.367 e. The van der Waals surface area contributed by atoms with Crippen molar-refractivity contribution in [1.29, 1.82) is 0 Å². The summed E-state index contributed by atoms with van der Waals surface area (Å²) in [6.45, 7) is 2.17. The van der Waals surface area contributed by atoms with Crippen LogP contribution in [0.15, 0.2) is 36.7 Å². The van der Waals surface area contributed by atoms with Gasteiger partial charge in [0, 0.05) is 45.8 Å². The molecule has 0 aliphatic carbocycles. The number of benzene rings is 1. The van der Waals surface area contributed by atoms with Crippen LogP contribution in [0.5, 0.6) is 0 Å². The molecule has 3 aromatic rings. The van der Waals surface area contributed by atoms with Crippen LogP contribution in [-0.2, 0) is 0 Å². The number of aromatic nitrogens is 1. The summed E-state index contributed by atoms with van der Waals surface area (Å²) < 4.78 is 2.28. The highest BCUT2D eigenvalue weighted by Gasteiger charge is 2.11. The molecule has 1 aliphatic rings. The molecule has 17 heavy (non-hydrogen) atoms. The maximum Gasteiger partial charge on any atom is 0.0604 e. The molecule has 4 rings (SSSR count). The summed E-state index contributed by atoms with van der Waals surface area (Å²) in [7, 11) is 0. The summed E-state index contributed by atoms with van der Waals surface area (Å²) >= 11 is 0. The SMILES string of the molecule is Cc1c2c(c3cccc4ccn1c43)=CNC=C2. The van der Waals surface area contributed by atoms with Gasteiger partial charge in [-0.3, -0.25) is 0 Å². The lowest BCUT2D eigenvalue weighted by atomic mass is 10.0. The van der Waals surface area contributed by atoms with Crippen LogP contribution in [0, 0.1) is 6.92 Å². The average Bonchev–Trinajstić information content (AvgIpc) is 2.81. The summed E-state index contributed by atoms with van der Waals surface area (Å²) in [6, 6.07) is 8.66. The molecule has 2 aromatic heterocycles. The largest absolute Gasteiger partial charge is 0.367 e. The highest BCUT2D eigenvalue weighted by atomic mass is 14.9. The Hall–Kier alpha value is -2.22. The topological polar surface area (TPSA) is 16.4 Å². The van der Waals surface area contributed by atoms with Crippen molar-refractivity contribution in [1.82, 2.24) is 9.72 Å². The fourth-order valence-corrected chi connectivity index (χ4v) is 2.79. The van der Waals surface area contributed by atoms with Gasteiger partial charge in [0.25, 0.3) is 0 Å². The standard InChI is InChI=1S/C15H12N2/c1-10-12-5-7-16-9-14(12)13-4-2-3-11-6-8-17(10)15(11)13/h2-9,16H,1H3. The second kappa shape index (κ2) is 2.92. The Bertz CT molecular complexity index is 822. The Morgan fingerprint density at radius 2 is 2.12 bits per heavy atom. The predicted octanol–water partition coefficient (Wildman–Crippen LogP) is 2.43. The van der Waals surface area contributed by atoms with Crippen molar-refractivity contribution in [2.24, 2.45) is 0 Å². The molecular weight excluding hydrogens is 208 g/mol. The van der Waals surface area contributed by atoms with E-state index in [1.54, 1.807) is 0 Å². The fraction of sp³-hybridized carbons (Fsp3) is 0.0667. The van der Waals surface area contributed by atoms with Gasteiger partial charge in [0.1, 0.15) is 0 Å². The lowest BCUT2D eigenvalue weighted by molar-refractivity contribution is 1.09. The van der Waals surface area contributed by atoms with Crippen LogP contribution in [0.25, 0.3) is 28.6 Å². The summed E-state index contributed by atoms with van der Waals surface area (Å²) in [6.07, 6.45) is 8.37. The number of rotatable bonds is 0. The maximum atomic E-state index is 3.18. The van der Waals surface area contributed by atoms with Gasteiger partial charge in [-0.2, -0.15) is 0 Å². The Morgan fingerprint density at radius 1 is 1.18 bits per heavy atom. The molecule has 1 N–H and O–H groups in total. The van der Waals surface area contributed by atoms with Gasteiger partial charge in [-0.05, 0) is 19.1 Å². The molecule has 0 unspecified atom stereocenters. The normalized spacial score (nSPS) is 13.7.